The van der Waals surface area contributed by atoms with E-state index in [9.17, 15) is 26.4 Å². The molecule has 0 atom stereocenters. The van der Waals surface area contributed by atoms with Crippen molar-refractivity contribution in [1.29, 1.82) is 0 Å². The van der Waals surface area contributed by atoms with Gasteiger partial charge in [-0.3, -0.25) is 4.79 Å². The van der Waals surface area contributed by atoms with Gasteiger partial charge in [-0.15, -0.1) is 0 Å². The number of benzene rings is 2. The fourth-order valence-corrected chi connectivity index (χ4v) is 3.26. The number of ether oxygens (including phenoxy) is 1. The van der Waals surface area contributed by atoms with E-state index in [-0.39, 0.29) is 5.69 Å². The lowest BCUT2D eigenvalue weighted by Gasteiger charge is -2.12. The van der Waals surface area contributed by atoms with Crippen LogP contribution >= 0.6 is 11.6 Å². The second kappa shape index (κ2) is 8.15. The zero-order valence-corrected chi connectivity index (χ0v) is 15.4. The summed E-state index contributed by atoms with van der Waals surface area (Å²) in [5.74, 6) is -0.459. The third-order valence-corrected chi connectivity index (χ3v) is 4.96. The zero-order chi connectivity index (χ0) is 20.2. The van der Waals surface area contributed by atoms with Gasteiger partial charge < -0.3 is 10.1 Å². The zero-order valence-electron chi connectivity index (χ0n) is 13.8. The first-order valence-corrected chi connectivity index (χ1v) is 9.19. The molecule has 2 aromatic rings. The van der Waals surface area contributed by atoms with Gasteiger partial charge in [0.25, 0.3) is 0 Å². The molecule has 27 heavy (non-hydrogen) atoms. The Bertz CT molecular complexity index is 949. The number of halogens is 4. The van der Waals surface area contributed by atoms with Crippen molar-refractivity contribution >= 4 is 33.2 Å². The maximum atomic E-state index is 12.7. The minimum atomic E-state index is -4.69. The van der Waals surface area contributed by atoms with Gasteiger partial charge in [0.1, 0.15) is 5.75 Å². The average Bonchev–Trinajstić information content (AvgIpc) is 2.60. The largest absolute Gasteiger partial charge is 0.495 e. The second-order valence-corrected chi connectivity index (χ2v) is 7.45. The predicted octanol–water partition coefficient (Wildman–Crippen LogP) is 3.28. The van der Waals surface area contributed by atoms with Crippen molar-refractivity contribution in [3.8, 4) is 5.75 Å². The highest BCUT2D eigenvalue weighted by atomic mass is 35.5. The predicted molar refractivity (Wildman–Crippen MR) is 93.3 cm³/mol. The van der Waals surface area contributed by atoms with Crippen molar-refractivity contribution in [3.63, 3.8) is 0 Å². The molecule has 0 radical (unpaired) electrons. The molecule has 0 spiro atoms. The van der Waals surface area contributed by atoms with Gasteiger partial charge in [-0.2, -0.15) is 13.2 Å². The average molecular weight is 423 g/mol. The molecule has 0 unspecified atom stereocenters. The van der Waals surface area contributed by atoms with Crippen LogP contribution < -0.4 is 14.8 Å². The molecule has 0 fully saturated rings. The Morgan fingerprint density at radius 1 is 1.19 bits per heavy atom. The van der Waals surface area contributed by atoms with Gasteiger partial charge >= 0.3 is 6.18 Å². The van der Waals surface area contributed by atoms with E-state index in [1.165, 1.54) is 25.3 Å². The molecule has 0 aromatic heterocycles. The first-order chi connectivity index (χ1) is 12.5. The Labute approximate surface area is 158 Å². The van der Waals surface area contributed by atoms with E-state index in [0.29, 0.717) is 16.8 Å². The number of carbonyl (C=O) groups is 1. The summed E-state index contributed by atoms with van der Waals surface area (Å²) in [5.41, 5.74) is -0.897. The fraction of sp³-hybridized carbons (Fsp3) is 0.188. The quantitative estimate of drug-likeness (QED) is 0.748. The summed E-state index contributed by atoms with van der Waals surface area (Å²) in [6, 6.07) is 7.64. The Kier molecular flexibility index (Phi) is 6.34. The smallest absolute Gasteiger partial charge is 0.416 e. The Balaban J connectivity index is 2.09. The molecule has 2 N–H and O–H groups in total. The van der Waals surface area contributed by atoms with E-state index >= 15 is 0 Å². The molecule has 0 bridgehead atoms. The molecule has 146 valence electrons. The molecule has 2 aromatic carbocycles. The van der Waals surface area contributed by atoms with Crippen molar-refractivity contribution < 1.29 is 31.1 Å². The number of amides is 1. The third-order valence-electron chi connectivity index (χ3n) is 3.33. The highest BCUT2D eigenvalue weighted by molar-refractivity contribution is 7.89. The molecule has 6 nitrogen and oxygen atoms in total. The van der Waals surface area contributed by atoms with Crippen molar-refractivity contribution in [3.05, 3.63) is 53.1 Å². The lowest BCUT2D eigenvalue weighted by Crippen LogP contribution is -2.33. The number of nitrogens with one attached hydrogen (secondary N) is 2. The molecule has 0 heterocycles. The molecule has 0 saturated heterocycles. The van der Waals surface area contributed by atoms with Crippen LogP contribution in [-0.2, 0) is 21.0 Å². The monoisotopic (exact) mass is 422 g/mol. The highest BCUT2D eigenvalue weighted by Gasteiger charge is 2.31. The number of anilines is 1. The lowest BCUT2D eigenvalue weighted by molar-refractivity contribution is -0.137. The maximum Gasteiger partial charge on any atom is 0.416 e. The normalized spacial score (nSPS) is 11.9. The number of carbonyl (C=O) groups excluding carboxylic acids is 1. The van der Waals surface area contributed by atoms with Crippen molar-refractivity contribution in [2.24, 2.45) is 0 Å². The summed E-state index contributed by atoms with van der Waals surface area (Å²) in [6.07, 6.45) is -4.69. The molecular formula is C16H14ClF3N2O4S. The molecule has 11 heteroatoms. The Hall–Kier alpha value is -2.30. The van der Waals surface area contributed by atoms with Crippen LogP contribution in [0, 0.1) is 0 Å². The van der Waals surface area contributed by atoms with Crippen LogP contribution in [0.5, 0.6) is 5.75 Å². The summed E-state index contributed by atoms with van der Waals surface area (Å²) in [7, 11) is -2.95. The molecule has 0 aliphatic heterocycles. The van der Waals surface area contributed by atoms with Crippen LogP contribution in [-0.4, -0.2) is 28.0 Å². The van der Waals surface area contributed by atoms with E-state index in [0.717, 1.165) is 18.2 Å². The third kappa shape index (κ3) is 5.59. The van der Waals surface area contributed by atoms with Gasteiger partial charge in [-0.05, 0) is 36.4 Å². The number of rotatable bonds is 6. The van der Waals surface area contributed by atoms with Crippen LogP contribution in [0.4, 0.5) is 18.9 Å². The molecule has 2 rings (SSSR count). The van der Waals surface area contributed by atoms with Crippen LogP contribution in [0.3, 0.4) is 0 Å². The number of hydrogen-bond donors (Lipinski definition) is 2. The van der Waals surface area contributed by atoms with E-state index in [4.69, 9.17) is 16.3 Å². The van der Waals surface area contributed by atoms with Gasteiger partial charge in [-0.1, -0.05) is 17.7 Å². The summed E-state index contributed by atoms with van der Waals surface area (Å²) in [4.78, 5) is 11.4. The van der Waals surface area contributed by atoms with Crippen LogP contribution in [0.1, 0.15) is 5.56 Å². The maximum absolute atomic E-state index is 12.7. The van der Waals surface area contributed by atoms with Crippen molar-refractivity contribution in [2.75, 3.05) is 19.0 Å². The van der Waals surface area contributed by atoms with Gasteiger partial charge in [-0.25, -0.2) is 13.1 Å². The summed E-state index contributed by atoms with van der Waals surface area (Å²) >= 11 is 5.83. The Morgan fingerprint density at radius 2 is 1.89 bits per heavy atom. The minimum Gasteiger partial charge on any atom is -0.495 e. The standard InChI is InChI=1S/C16H14ClF3N2O4S/c1-26-14-6-5-11(17)8-13(14)22-15(23)9-21-27(24,25)12-4-2-3-10(7-12)16(18,19)20/h2-8,21H,9H2,1H3,(H,22,23). The Morgan fingerprint density at radius 3 is 2.52 bits per heavy atom. The second-order valence-electron chi connectivity index (χ2n) is 5.24. The molecule has 1 amide bonds. The molecule has 0 aliphatic rings. The lowest BCUT2D eigenvalue weighted by atomic mass is 10.2. The summed E-state index contributed by atoms with van der Waals surface area (Å²) in [6.45, 7) is -0.700. The molecule has 0 saturated carbocycles. The van der Waals surface area contributed by atoms with Gasteiger partial charge in [0.15, 0.2) is 0 Å². The van der Waals surface area contributed by atoms with Crippen LogP contribution in [0.25, 0.3) is 0 Å². The van der Waals surface area contributed by atoms with E-state index in [1.54, 1.807) is 0 Å². The van der Waals surface area contributed by atoms with E-state index < -0.39 is 39.1 Å². The number of hydrogen-bond acceptors (Lipinski definition) is 4. The van der Waals surface area contributed by atoms with Crippen molar-refractivity contribution in [1.82, 2.24) is 4.72 Å². The summed E-state index contributed by atoms with van der Waals surface area (Å²) < 4.78 is 69.4. The topological polar surface area (TPSA) is 84.5 Å². The van der Waals surface area contributed by atoms with Gasteiger partial charge in [0, 0.05) is 5.02 Å². The van der Waals surface area contributed by atoms with Gasteiger partial charge in [0.05, 0.1) is 29.8 Å². The fourth-order valence-electron chi connectivity index (χ4n) is 2.06. The first kappa shape index (κ1) is 21.0. The van der Waals surface area contributed by atoms with E-state index in [2.05, 4.69) is 5.32 Å². The number of methoxy groups -OCH3 is 1. The van der Waals surface area contributed by atoms with Crippen molar-refractivity contribution in [2.45, 2.75) is 11.1 Å². The van der Waals surface area contributed by atoms with Crippen LogP contribution in [0.15, 0.2) is 47.4 Å². The first-order valence-electron chi connectivity index (χ1n) is 7.33. The summed E-state index contributed by atoms with van der Waals surface area (Å²) in [5, 5.41) is 2.72. The molecule has 0 aliphatic carbocycles. The number of alkyl halides is 3. The van der Waals surface area contributed by atoms with Gasteiger partial charge in [0.2, 0.25) is 15.9 Å². The highest BCUT2D eigenvalue weighted by Crippen LogP contribution is 2.30. The minimum absolute atomic E-state index is 0.216. The number of sulfonamides is 1. The molecular weight excluding hydrogens is 409 g/mol. The SMILES string of the molecule is COc1ccc(Cl)cc1NC(=O)CNS(=O)(=O)c1cccc(C(F)(F)F)c1. The van der Waals surface area contributed by atoms with Crippen LogP contribution in [0.2, 0.25) is 5.02 Å². The van der Waals surface area contributed by atoms with E-state index in [1.807, 2.05) is 4.72 Å².